The monoisotopic (exact) mass is 527 g/mol. The van der Waals surface area contributed by atoms with Gasteiger partial charge in [-0.15, -0.1) is 11.6 Å². The van der Waals surface area contributed by atoms with Gasteiger partial charge in [0.15, 0.2) is 6.23 Å². The van der Waals surface area contributed by atoms with Crippen LogP contribution in [0.25, 0.3) is 0 Å². The summed E-state index contributed by atoms with van der Waals surface area (Å²) >= 11 is 7.52. The van der Waals surface area contributed by atoms with Gasteiger partial charge in [0.05, 0.1) is 12.7 Å². The highest BCUT2D eigenvalue weighted by Gasteiger charge is 2.54. The van der Waals surface area contributed by atoms with Gasteiger partial charge in [0.2, 0.25) is 0 Å². The van der Waals surface area contributed by atoms with E-state index in [1.807, 2.05) is 6.92 Å². The summed E-state index contributed by atoms with van der Waals surface area (Å²) in [5.74, 6) is -0.0821. The average molecular weight is 528 g/mol. The number of alkyl halides is 1. The van der Waals surface area contributed by atoms with Crippen LogP contribution in [-0.4, -0.2) is 62.2 Å². The zero-order valence-corrected chi connectivity index (χ0v) is 21.6. The van der Waals surface area contributed by atoms with E-state index in [4.69, 9.17) is 25.6 Å². The lowest BCUT2D eigenvalue weighted by atomic mass is 10.0. The molecule has 0 radical (unpaired) electrons. The highest BCUT2D eigenvalue weighted by atomic mass is 35.5. The summed E-state index contributed by atoms with van der Waals surface area (Å²) in [6.45, 7) is 4.39. The smallest absolute Gasteiger partial charge is 0.330 e. The van der Waals surface area contributed by atoms with E-state index < -0.39 is 53.3 Å². The van der Waals surface area contributed by atoms with Crippen LogP contribution in [0.15, 0.2) is 21.9 Å². The molecule has 188 valence electrons. The Morgan fingerprint density at radius 2 is 2.12 bits per heavy atom. The molecule has 0 unspecified atom stereocenters. The number of halogens is 1. The lowest BCUT2D eigenvalue weighted by Crippen LogP contribution is -2.43. The van der Waals surface area contributed by atoms with Gasteiger partial charge in [-0.2, -0.15) is 0 Å². The number of rotatable bonds is 11. The van der Waals surface area contributed by atoms with Gasteiger partial charge in [-0.1, -0.05) is 18.3 Å². The van der Waals surface area contributed by atoms with Gasteiger partial charge in [0.1, 0.15) is 23.1 Å². The SMILES string of the molecule is CCCS[P@@](=O)(N[C@@H](C)C(=O)OC(C)C)OC[C@H]1O[C@@H](n2ccc(=O)[nH]c2=O)[C@](C)(Cl)[C@@H]1O. The molecule has 2 heterocycles. The molecule has 6 atom stereocenters. The molecule has 33 heavy (non-hydrogen) atoms. The largest absolute Gasteiger partial charge is 0.462 e. The molecular weight excluding hydrogens is 497 g/mol. The molecule has 0 aromatic carbocycles. The molecule has 0 saturated carbocycles. The standard InChI is InChI=1S/C19H31ClN3O8PS/c1-6-9-33-32(28,22-12(4)16(26)30-11(2)3)29-10-13-15(25)19(5,20)17(31-13)23-8-7-14(24)21-18(23)27/h7-8,11-13,15,17,25H,6,9-10H2,1-5H3,(H,22,28)(H,21,24,27)/t12-,13+,15+,17+,19+,32+/m0/s1. The van der Waals surface area contributed by atoms with Crippen molar-refractivity contribution in [2.24, 2.45) is 0 Å². The summed E-state index contributed by atoms with van der Waals surface area (Å²) in [7, 11) is 0. The number of esters is 1. The van der Waals surface area contributed by atoms with Crippen LogP contribution in [-0.2, 0) is 23.4 Å². The lowest BCUT2D eigenvalue weighted by Gasteiger charge is -2.26. The van der Waals surface area contributed by atoms with Gasteiger partial charge in [0, 0.05) is 18.0 Å². The molecule has 14 heteroatoms. The van der Waals surface area contributed by atoms with Gasteiger partial charge in [-0.25, -0.2) is 9.88 Å². The normalized spacial score (nSPS) is 27.9. The predicted octanol–water partition coefficient (Wildman–Crippen LogP) is 1.99. The maximum absolute atomic E-state index is 13.4. The Bertz CT molecular complexity index is 984. The Labute approximate surface area is 200 Å². The molecule has 3 N–H and O–H groups in total. The number of nitrogens with one attached hydrogen (secondary N) is 2. The van der Waals surface area contributed by atoms with E-state index in [9.17, 15) is 24.1 Å². The van der Waals surface area contributed by atoms with Crippen molar-refractivity contribution in [3.8, 4) is 0 Å². The molecule has 1 aliphatic rings. The van der Waals surface area contributed by atoms with Crippen LogP contribution in [0.3, 0.4) is 0 Å². The van der Waals surface area contributed by atoms with Crippen LogP contribution < -0.4 is 16.3 Å². The highest BCUT2D eigenvalue weighted by Crippen LogP contribution is 2.57. The second-order valence-electron chi connectivity index (χ2n) is 8.10. The number of aliphatic hydroxyl groups is 1. The molecular formula is C19H31ClN3O8PS. The first-order chi connectivity index (χ1) is 15.3. The molecule has 0 amide bonds. The van der Waals surface area contributed by atoms with Crippen molar-refractivity contribution in [1.82, 2.24) is 14.6 Å². The summed E-state index contributed by atoms with van der Waals surface area (Å²) < 4.78 is 31.0. The number of aromatic amines is 1. The first kappa shape index (κ1) is 28.1. The molecule has 1 fully saturated rings. The zero-order valence-electron chi connectivity index (χ0n) is 19.1. The molecule has 0 spiro atoms. The Hall–Kier alpha value is -1.14. The number of carbonyl (C=O) groups excluding carboxylic acids is 1. The van der Waals surface area contributed by atoms with Crippen LogP contribution in [0, 0.1) is 0 Å². The Kier molecular flexibility index (Phi) is 9.81. The van der Waals surface area contributed by atoms with Crippen molar-refractivity contribution in [2.45, 2.75) is 76.5 Å². The van der Waals surface area contributed by atoms with Crippen molar-refractivity contribution in [3.05, 3.63) is 33.1 Å². The predicted molar refractivity (Wildman–Crippen MR) is 126 cm³/mol. The zero-order chi connectivity index (χ0) is 25.0. The van der Waals surface area contributed by atoms with Gasteiger partial charge < -0.3 is 19.1 Å². The Morgan fingerprint density at radius 3 is 2.70 bits per heavy atom. The Morgan fingerprint density at radius 1 is 1.45 bits per heavy atom. The first-order valence-electron chi connectivity index (χ1n) is 10.5. The summed E-state index contributed by atoms with van der Waals surface area (Å²) in [6.07, 6.45) is -1.86. The molecule has 1 aromatic heterocycles. The number of H-pyrrole nitrogens is 1. The summed E-state index contributed by atoms with van der Waals surface area (Å²) in [4.78, 5) is 36.3. The maximum atomic E-state index is 13.4. The number of nitrogens with zero attached hydrogens (tertiary/aromatic N) is 1. The molecule has 2 rings (SSSR count). The second kappa shape index (κ2) is 11.5. The topological polar surface area (TPSA) is 149 Å². The third kappa shape index (κ3) is 7.17. The molecule has 11 nitrogen and oxygen atoms in total. The molecule has 1 aliphatic heterocycles. The van der Waals surface area contributed by atoms with E-state index in [1.165, 1.54) is 20.0 Å². The minimum absolute atomic E-state index is 0.328. The van der Waals surface area contributed by atoms with Gasteiger partial charge in [-0.05, 0) is 34.1 Å². The van der Waals surface area contributed by atoms with E-state index in [-0.39, 0.29) is 12.7 Å². The van der Waals surface area contributed by atoms with Crippen LogP contribution in [0.2, 0.25) is 0 Å². The van der Waals surface area contributed by atoms with Crippen LogP contribution in [0.1, 0.15) is 47.3 Å². The van der Waals surface area contributed by atoms with Crippen molar-refractivity contribution in [1.29, 1.82) is 0 Å². The van der Waals surface area contributed by atoms with E-state index in [2.05, 4.69) is 10.1 Å². The maximum Gasteiger partial charge on any atom is 0.330 e. The van der Waals surface area contributed by atoms with E-state index >= 15 is 0 Å². The quantitative estimate of drug-likeness (QED) is 0.221. The summed E-state index contributed by atoms with van der Waals surface area (Å²) in [6, 6.07) is 0.230. The molecule has 0 bridgehead atoms. The van der Waals surface area contributed by atoms with Crippen molar-refractivity contribution < 1.29 is 28.5 Å². The highest BCUT2D eigenvalue weighted by molar-refractivity contribution is 8.56. The fraction of sp³-hybridized carbons (Fsp3) is 0.737. The number of aliphatic hydroxyl groups excluding tert-OH is 1. The minimum Gasteiger partial charge on any atom is -0.462 e. The lowest BCUT2D eigenvalue weighted by molar-refractivity contribution is -0.149. The van der Waals surface area contributed by atoms with Crippen LogP contribution >= 0.6 is 29.7 Å². The number of hydrogen-bond donors (Lipinski definition) is 3. The fourth-order valence-electron chi connectivity index (χ4n) is 3.08. The number of aromatic nitrogens is 2. The van der Waals surface area contributed by atoms with Gasteiger partial charge in [0.25, 0.3) is 5.56 Å². The van der Waals surface area contributed by atoms with Crippen LogP contribution in [0.5, 0.6) is 0 Å². The third-order valence-electron chi connectivity index (χ3n) is 4.75. The second-order valence-corrected chi connectivity index (χ2v) is 13.3. The summed E-state index contributed by atoms with van der Waals surface area (Å²) in [5.41, 5.74) is -1.34. The molecule has 1 aromatic rings. The fourth-order valence-corrected chi connectivity index (χ4v) is 7.32. The number of hydrogen-bond acceptors (Lipinski definition) is 9. The Balaban J connectivity index is 2.16. The van der Waals surface area contributed by atoms with Gasteiger partial charge in [-0.3, -0.25) is 23.7 Å². The number of ether oxygens (including phenoxy) is 2. The van der Waals surface area contributed by atoms with Crippen LogP contribution in [0.4, 0.5) is 0 Å². The van der Waals surface area contributed by atoms with Crippen molar-refractivity contribution in [2.75, 3.05) is 12.4 Å². The molecule has 0 aliphatic carbocycles. The van der Waals surface area contributed by atoms with E-state index in [1.54, 1.807) is 13.8 Å². The molecule has 1 saturated heterocycles. The average Bonchev–Trinajstić information content (AvgIpc) is 2.94. The number of carbonyl (C=O) groups is 1. The van der Waals surface area contributed by atoms with Gasteiger partial charge >= 0.3 is 18.4 Å². The minimum atomic E-state index is -3.60. The van der Waals surface area contributed by atoms with Crippen molar-refractivity contribution >= 4 is 35.7 Å². The summed E-state index contributed by atoms with van der Waals surface area (Å²) in [5, 5.41) is 13.4. The third-order valence-corrected chi connectivity index (χ3v) is 9.49. The van der Waals surface area contributed by atoms with E-state index in [0.29, 0.717) is 12.2 Å². The first-order valence-corrected chi connectivity index (χ1v) is 14.1. The van der Waals surface area contributed by atoms with E-state index in [0.717, 1.165) is 22.0 Å². The van der Waals surface area contributed by atoms with Crippen molar-refractivity contribution in [3.63, 3.8) is 0 Å².